The van der Waals surface area contributed by atoms with Gasteiger partial charge < -0.3 is 10.2 Å². The molecule has 96 valence electrons. The minimum atomic E-state index is -0.357. The van der Waals surface area contributed by atoms with E-state index in [1.807, 2.05) is 11.0 Å². The summed E-state index contributed by atoms with van der Waals surface area (Å²) in [6.07, 6.45) is 0. The van der Waals surface area contributed by atoms with Crippen molar-refractivity contribution in [3.05, 3.63) is 28.0 Å². The second-order valence-electron chi connectivity index (χ2n) is 5.01. The van der Waals surface area contributed by atoms with Gasteiger partial charge in [-0.25, -0.2) is 4.39 Å². The number of hydrogen-bond acceptors (Lipinski definition) is 3. The molecule has 5 heteroatoms. The number of nitriles is 1. The van der Waals surface area contributed by atoms with Gasteiger partial charge in [0, 0.05) is 25.2 Å². The highest BCUT2D eigenvalue weighted by atomic mass is 79.9. The summed E-state index contributed by atoms with van der Waals surface area (Å²) in [4.78, 5) is 2.05. The standard InChI is InChI=1S/C13H15BrFN3/c1-13(2)8-17-5-6-18(13)10-4-3-9(7-16)11(14)12(10)15/h3-4,17H,5-6,8H2,1-2H3. The van der Waals surface area contributed by atoms with E-state index in [1.165, 1.54) is 0 Å². The summed E-state index contributed by atoms with van der Waals surface area (Å²) in [6, 6.07) is 5.31. The minimum Gasteiger partial charge on any atom is -0.361 e. The van der Waals surface area contributed by atoms with Crippen LogP contribution in [0.3, 0.4) is 0 Å². The lowest BCUT2D eigenvalue weighted by Gasteiger charge is -2.44. The van der Waals surface area contributed by atoms with Gasteiger partial charge in [0.25, 0.3) is 0 Å². The molecule has 2 rings (SSSR count). The lowest BCUT2D eigenvalue weighted by atomic mass is 9.98. The van der Waals surface area contributed by atoms with Crippen molar-refractivity contribution in [2.24, 2.45) is 0 Å². The number of anilines is 1. The Morgan fingerprint density at radius 3 is 2.83 bits per heavy atom. The third kappa shape index (κ3) is 2.23. The SMILES string of the molecule is CC1(C)CNCCN1c1ccc(C#N)c(Br)c1F. The van der Waals surface area contributed by atoms with Crippen molar-refractivity contribution < 1.29 is 4.39 Å². The van der Waals surface area contributed by atoms with Crippen LogP contribution in [0.2, 0.25) is 0 Å². The van der Waals surface area contributed by atoms with Crippen molar-refractivity contribution >= 4 is 21.6 Å². The quantitative estimate of drug-likeness (QED) is 0.866. The Morgan fingerprint density at radius 1 is 1.50 bits per heavy atom. The molecule has 0 saturated carbocycles. The fourth-order valence-electron chi connectivity index (χ4n) is 2.26. The number of piperazine rings is 1. The van der Waals surface area contributed by atoms with Crippen LogP contribution < -0.4 is 10.2 Å². The predicted molar refractivity (Wildman–Crippen MR) is 73.1 cm³/mol. The first kappa shape index (κ1) is 13.3. The first-order valence-electron chi connectivity index (χ1n) is 5.84. The van der Waals surface area contributed by atoms with E-state index >= 15 is 0 Å². The van der Waals surface area contributed by atoms with Gasteiger partial charge in [-0.05, 0) is 41.9 Å². The smallest absolute Gasteiger partial charge is 0.162 e. The Balaban J connectivity index is 2.46. The van der Waals surface area contributed by atoms with Crippen molar-refractivity contribution in [2.75, 3.05) is 24.5 Å². The van der Waals surface area contributed by atoms with Crippen molar-refractivity contribution in [1.29, 1.82) is 5.26 Å². The zero-order valence-corrected chi connectivity index (χ0v) is 12.0. The first-order chi connectivity index (χ1) is 8.47. The number of hydrogen-bond donors (Lipinski definition) is 1. The lowest BCUT2D eigenvalue weighted by Crippen LogP contribution is -2.58. The summed E-state index contributed by atoms with van der Waals surface area (Å²) in [5.74, 6) is -0.357. The molecular weight excluding hydrogens is 297 g/mol. The van der Waals surface area contributed by atoms with E-state index in [-0.39, 0.29) is 15.8 Å². The summed E-state index contributed by atoms with van der Waals surface area (Å²) in [5, 5.41) is 12.2. The molecule has 0 bridgehead atoms. The summed E-state index contributed by atoms with van der Waals surface area (Å²) in [6.45, 7) is 6.54. The minimum absolute atomic E-state index is 0.146. The van der Waals surface area contributed by atoms with E-state index in [0.717, 1.165) is 19.6 Å². The molecule has 0 atom stereocenters. The molecule has 1 aromatic carbocycles. The van der Waals surface area contributed by atoms with Crippen LogP contribution in [0.5, 0.6) is 0 Å². The van der Waals surface area contributed by atoms with Crippen molar-refractivity contribution in [3.63, 3.8) is 0 Å². The van der Waals surface area contributed by atoms with Gasteiger partial charge in [0.05, 0.1) is 15.7 Å². The molecule has 18 heavy (non-hydrogen) atoms. The van der Waals surface area contributed by atoms with E-state index in [1.54, 1.807) is 12.1 Å². The summed E-state index contributed by atoms with van der Waals surface area (Å²) in [7, 11) is 0. The average Bonchev–Trinajstić information content (AvgIpc) is 2.33. The molecule has 0 aromatic heterocycles. The molecule has 1 aliphatic heterocycles. The maximum Gasteiger partial charge on any atom is 0.162 e. The van der Waals surface area contributed by atoms with Crippen LogP contribution in [-0.4, -0.2) is 25.2 Å². The largest absolute Gasteiger partial charge is 0.361 e. The monoisotopic (exact) mass is 311 g/mol. The fourth-order valence-corrected chi connectivity index (χ4v) is 2.69. The molecule has 1 aromatic rings. The fraction of sp³-hybridized carbons (Fsp3) is 0.462. The highest BCUT2D eigenvalue weighted by Gasteiger charge is 2.32. The van der Waals surface area contributed by atoms with Gasteiger partial charge in [-0.2, -0.15) is 5.26 Å². The van der Waals surface area contributed by atoms with Crippen LogP contribution in [-0.2, 0) is 0 Å². The van der Waals surface area contributed by atoms with Crippen LogP contribution in [0.15, 0.2) is 16.6 Å². The highest BCUT2D eigenvalue weighted by molar-refractivity contribution is 9.10. The maximum atomic E-state index is 14.3. The van der Waals surface area contributed by atoms with E-state index in [9.17, 15) is 4.39 Å². The van der Waals surface area contributed by atoms with Crippen molar-refractivity contribution in [3.8, 4) is 6.07 Å². The number of halogens is 2. The third-order valence-corrected chi connectivity index (χ3v) is 4.05. The number of rotatable bonds is 1. The molecule has 1 heterocycles. The first-order valence-corrected chi connectivity index (χ1v) is 6.63. The number of nitrogens with zero attached hydrogens (tertiary/aromatic N) is 2. The highest BCUT2D eigenvalue weighted by Crippen LogP contribution is 2.33. The Kier molecular flexibility index (Phi) is 3.60. The van der Waals surface area contributed by atoms with Gasteiger partial charge in [-0.15, -0.1) is 0 Å². The summed E-state index contributed by atoms with van der Waals surface area (Å²) >= 11 is 3.16. The molecular formula is C13H15BrFN3. The van der Waals surface area contributed by atoms with Gasteiger partial charge in [-0.3, -0.25) is 0 Å². The summed E-state index contributed by atoms with van der Waals surface area (Å²) < 4.78 is 14.6. The zero-order valence-electron chi connectivity index (χ0n) is 10.4. The zero-order chi connectivity index (χ0) is 13.3. The Morgan fingerprint density at radius 2 is 2.22 bits per heavy atom. The molecule has 1 saturated heterocycles. The van der Waals surface area contributed by atoms with Crippen LogP contribution >= 0.6 is 15.9 Å². The lowest BCUT2D eigenvalue weighted by molar-refractivity contribution is 0.376. The van der Waals surface area contributed by atoms with E-state index in [4.69, 9.17) is 5.26 Å². The van der Waals surface area contributed by atoms with Gasteiger partial charge in [0.15, 0.2) is 5.82 Å². The van der Waals surface area contributed by atoms with E-state index in [2.05, 4.69) is 35.1 Å². The molecule has 0 unspecified atom stereocenters. The average molecular weight is 312 g/mol. The van der Waals surface area contributed by atoms with Gasteiger partial charge in [-0.1, -0.05) is 0 Å². The third-order valence-electron chi connectivity index (χ3n) is 3.27. The van der Waals surface area contributed by atoms with E-state index < -0.39 is 0 Å². The molecule has 3 nitrogen and oxygen atoms in total. The molecule has 0 amide bonds. The Hall–Kier alpha value is -1.12. The van der Waals surface area contributed by atoms with E-state index in [0.29, 0.717) is 11.3 Å². The second-order valence-corrected chi connectivity index (χ2v) is 5.81. The van der Waals surface area contributed by atoms with Crippen LogP contribution in [0.25, 0.3) is 0 Å². The van der Waals surface area contributed by atoms with Crippen LogP contribution in [0, 0.1) is 17.1 Å². The van der Waals surface area contributed by atoms with Gasteiger partial charge >= 0.3 is 0 Å². The van der Waals surface area contributed by atoms with Crippen LogP contribution in [0.4, 0.5) is 10.1 Å². The van der Waals surface area contributed by atoms with Crippen molar-refractivity contribution in [1.82, 2.24) is 5.32 Å². The molecule has 0 spiro atoms. The van der Waals surface area contributed by atoms with Gasteiger partial charge in [0.1, 0.15) is 6.07 Å². The predicted octanol–water partition coefficient (Wildman–Crippen LogP) is 2.65. The second kappa shape index (κ2) is 4.87. The molecule has 1 aliphatic rings. The molecule has 1 N–H and O–H groups in total. The normalized spacial score (nSPS) is 18.5. The number of benzene rings is 1. The van der Waals surface area contributed by atoms with Crippen LogP contribution in [0.1, 0.15) is 19.4 Å². The molecule has 0 radical (unpaired) electrons. The Labute approximate surface area is 115 Å². The Bertz CT molecular complexity index is 508. The van der Waals surface area contributed by atoms with Crippen molar-refractivity contribution in [2.45, 2.75) is 19.4 Å². The molecule has 0 aliphatic carbocycles. The van der Waals surface area contributed by atoms with Gasteiger partial charge in [0.2, 0.25) is 0 Å². The maximum absolute atomic E-state index is 14.3. The number of nitrogens with one attached hydrogen (secondary N) is 1. The topological polar surface area (TPSA) is 39.1 Å². The summed E-state index contributed by atoms with van der Waals surface area (Å²) in [5.41, 5.74) is 0.726. The molecule has 1 fully saturated rings.